The largest absolute Gasteiger partial charge is 0.756 e. The van der Waals surface area contributed by atoms with Gasteiger partial charge in [-0.25, -0.2) is 38.8 Å². The van der Waals surface area contributed by atoms with Gasteiger partial charge in [0, 0.05) is 0 Å². The molecule has 0 amide bonds. The van der Waals surface area contributed by atoms with Gasteiger partial charge >= 0.3 is 15.4 Å². The number of imidazole rings is 2. The minimum Gasteiger partial charge on any atom is -0.756 e. The highest BCUT2D eigenvalue weighted by Gasteiger charge is 2.57. The van der Waals surface area contributed by atoms with Gasteiger partial charge in [-0.3, -0.25) is 27.3 Å². The van der Waals surface area contributed by atoms with Crippen LogP contribution < -0.4 is 16.4 Å². The highest BCUT2D eigenvalue weighted by Crippen LogP contribution is 2.66. The number of nitrogens with zero attached hydrogens (tertiary/aromatic N) is 8. The number of aliphatic hydroxyl groups excluding tert-OH is 4. The van der Waals surface area contributed by atoms with Crippen molar-refractivity contribution in [2.75, 3.05) is 18.1 Å². The van der Waals surface area contributed by atoms with E-state index in [0.717, 1.165) is 29.9 Å². The average Bonchev–Trinajstić information content (AvgIpc) is 3.77. The Morgan fingerprint density at radius 3 is 1.84 bits per heavy atom. The zero-order valence-electron chi connectivity index (χ0n) is 24.1. The van der Waals surface area contributed by atoms with Crippen LogP contribution in [0.15, 0.2) is 25.3 Å². The number of nitrogens with two attached hydrogens (primary N) is 2. The van der Waals surface area contributed by atoms with Gasteiger partial charge in [0.15, 0.2) is 41.2 Å². The second-order valence-electron chi connectivity index (χ2n) is 10.6. The molecule has 4 aromatic rings. The van der Waals surface area contributed by atoms with Crippen LogP contribution in [0, 0.1) is 0 Å². The fraction of sp³-hybridized carbons (Fsp3) is 0.500. The van der Waals surface area contributed by atoms with Crippen molar-refractivity contribution in [3.63, 3.8) is 0 Å². The average molecular weight is 755 g/mol. The smallest absolute Gasteiger partial charge is 0.479 e. The summed E-state index contributed by atoms with van der Waals surface area (Å²) in [4.78, 5) is 65.4. The molecule has 12 atom stereocenters. The first-order valence-electron chi connectivity index (χ1n) is 13.5. The molecule has 49 heavy (non-hydrogen) atoms. The van der Waals surface area contributed by atoms with Crippen LogP contribution in [-0.4, -0.2) is 123 Å². The maximum absolute atomic E-state index is 13.3. The van der Waals surface area contributed by atoms with Crippen molar-refractivity contribution in [2.45, 2.75) is 54.9 Å². The molecule has 2 aliphatic rings. The summed E-state index contributed by atoms with van der Waals surface area (Å²) >= 11 is 0. The third kappa shape index (κ3) is 6.83. The summed E-state index contributed by atoms with van der Waals surface area (Å²) in [5, 5.41) is 42.5. The molecule has 0 aromatic carbocycles. The minimum atomic E-state index is -6.02. The van der Waals surface area contributed by atoms with Gasteiger partial charge in [-0.05, 0) is 0 Å². The van der Waals surface area contributed by atoms with Crippen LogP contribution in [0.3, 0.4) is 0 Å². The predicted octanol–water partition coefficient (Wildman–Crippen LogP) is -3.81. The van der Waals surface area contributed by atoms with E-state index in [9.17, 15) is 53.7 Å². The molecule has 0 bridgehead atoms. The van der Waals surface area contributed by atoms with Gasteiger partial charge < -0.3 is 60.9 Å². The second-order valence-corrected chi connectivity index (χ2v) is 15.2. The standard InChI is InChI=1S/C20H27N10O16P3/c21-14-7-16(25-2-23-14)29(4-27-7)18-11(33)9(31)6(43-18)1-42-49(40,41)46-47(35,36)20(45-48(37,38)39)13-10(32)12(34)19(44-13)30-5-28-8-15(22)24-3-26-17(8)30/h2-6,9-13,18-20,31-34H,1H2,(H,35,36)(H,40,41)(H2,21,23,25)(H2,22,24,26)(H2,37,38,39)/p-1. The highest BCUT2D eigenvalue weighted by molar-refractivity contribution is 7.64. The fourth-order valence-electron chi connectivity index (χ4n) is 5.19. The maximum Gasteiger partial charge on any atom is 0.479 e. The molecule has 0 aliphatic carbocycles. The van der Waals surface area contributed by atoms with E-state index in [4.69, 9.17) is 25.5 Å². The molecule has 6 heterocycles. The summed E-state index contributed by atoms with van der Waals surface area (Å²) in [6.07, 6.45) is -10.5. The van der Waals surface area contributed by atoms with Crippen molar-refractivity contribution < 1.29 is 76.5 Å². The van der Waals surface area contributed by atoms with Crippen LogP contribution in [0.2, 0.25) is 0 Å². The van der Waals surface area contributed by atoms with E-state index < -0.39 is 84.8 Å². The monoisotopic (exact) mass is 755 g/mol. The Labute approximate surface area is 271 Å². The van der Waals surface area contributed by atoms with Crippen LogP contribution in [0.5, 0.6) is 0 Å². The third-order valence-corrected chi connectivity index (χ3v) is 11.3. The molecule has 11 N–H and O–H groups in total. The summed E-state index contributed by atoms with van der Waals surface area (Å²) in [7, 11) is -17.8. The minimum absolute atomic E-state index is 0.00388. The molecular formula is C20H26N10O16P3-. The predicted molar refractivity (Wildman–Crippen MR) is 153 cm³/mol. The van der Waals surface area contributed by atoms with Gasteiger partial charge in [0.05, 0.1) is 19.3 Å². The van der Waals surface area contributed by atoms with Crippen molar-refractivity contribution in [1.29, 1.82) is 0 Å². The zero-order chi connectivity index (χ0) is 35.6. The molecule has 0 saturated carbocycles. The molecule has 2 fully saturated rings. The molecule has 4 aromatic heterocycles. The molecule has 2 aliphatic heterocycles. The number of hydrogen-bond donors (Lipinski definition) is 9. The molecule has 0 spiro atoms. The molecular weight excluding hydrogens is 729 g/mol. The van der Waals surface area contributed by atoms with Gasteiger partial charge in [0.25, 0.3) is 7.82 Å². The lowest BCUT2D eigenvalue weighted by molar-refractivity contribution is -0.226. The number of phosphoric ester groups is 2. The van der Waals surface area contributed by atoms with Crippen molar-refractivity contribution >= 4 is 57.2 Å². The number of aromatic nitrogens is 8. The Bertz CT molecular complexity index is 2010. The highest BCUT2D eigenvalue weighted by atomic mass is 31.3. The summed E-state index contributed by atoms with van der Waals surface area (Å²) in [5.74, 6) is -3.10. The number of phosphoric acid groups is 2. The van der Waals surface area contributed by atoms with Gasteiger partial charge in [-0.1, -0.05) is 0 Å². The molecule has 0 radical (unpaired) electrons. The maximum atomic E-state index is 13.3. The molecule has 26 nitrogen and oxygen atoms in total. The molecule has 6 rings (SSSR count). The van der Waals surface area contributed by atoms with E-state index in [2.05, 4.69) is 38.7 Å². The number of anilines is 2. The fourth-order valence-corrected chi connectivity index (χ4v) is 9.11. The first kappa shape index (κ1) is 35.7. The van der Waals surface area contributed by atoms with E-state index in [1.165, 1.54) is 4.57 Å². The lowest BCUT2D eigenvalue weighted by Gasteiger charge is -2.32. The quantitative estimate of drug-likeness (QED) is 0.0662. The van der Waals surface area contributed by atoms with Gasteiger partial charge in [0.1, 0.15) is 60.3 Å². The molecule has 12 unspecified atom stereocenters. The summed E-state index contributed by atoms with van der Waals surface area (Å²) in [6, 6.07) is 0. The second kappa shape index (κ2) is 12.9. The molecule has 29 heteroatoms. The topological polar surface area (TPSA) is 401 Å². The number of rotatable bonds is 11. The van der Waals surface area contributed by atoms with Gasteiger partial charge in [-0.15, -0.1) is 0 Å². The Hall–Kier alpha value is -3.13. The van der Waals surface area contributed by atoms with E-state index in [0.29, 0.717) is 0 Å². The van der Waals surface area contributed by atoms with E-state index in [-0.39, 0.29) is 34.0 Å². The zero-order valence-corrected chi connectivity index (χ0v) is 26.8. The van der Waals surface area contributed by atoms with E-state index >= 15 is 0 Å². The van der Waals surface area contributed by atoms with Gasteiger partial charge in [-0.2, -0.15) is 0 Å². The van der Waals surface area contributed by atoms with Crippen LogP contribution in [0.4, 0.5) is 11.6 Å². The molecule has 268 valence electrons. The van der Waals surface area contributed by atoms with Crippen molar-refractivity contribution in [2.24, 2.45) is 0 Å². The van der Waals surface area contributed by atoms with E-state index in [1.54, 1.807) is 0 Å². The van der Waals surface area contributed by atoms with Gasteiger partial charge in [0.2, 0.25) is 0 Å². The number of fused-ring (bicyclic) bond motifs is 2. The van der Waals surface area contributed by atoms with Crippen LogP contribution >= 0.6 is 23.2 Å². The summed E-state index contributed by atoms with van der Waals surface area (Å²) in [5.41, 5.74) is 11.7. The Morgan fingerprint density at radius 2 is 1.31 bits per heavy atom. The number of aliphatic hydroxyl groups is 4. The van der Waals surface area contributed by atoms with Crippen molar-refractivity contribution in [1.82, 2.24) is 39.0 Å². The van der Waals surface area contributed by atoms with Crippen LogP contribution in [-0.2, 0) is 36.5 Å². The normalized spacial score (nSPS) is 31.8. The Balaban J connectivity index is 1.18. The van der Waals surface area contributed by atoms with Crippen LogP contribution in [0.25, 0.3) is 22.3 Å². The first-order valence-corrected chi connectivity index (χ1v) is 18.1. The number of nitrogen functional groups attached to an aromatic ring is 2. The first-order chi connectivity index (χ1) is 22.9. The van der Waals surface area contributed by atoms with Crippen molar-refractivity contribution in [3.8, 4) is 0 Å². The molecule has 2 saturated heterocycles. The summed E-state index contributed by atoms with van der Waals surface area (Å²) < 4.78 is 64.3. The number of hydrogen-bond acceptors (Lipinski definition) is 21. The Morgan fingerprint density at radius 1 is 0.796 bits per heavy atom. The van der Waals surface area contributed by atoms with E-state index in [1.807, 2.05) is 0 Å². The Kier molecular flexibility index (Phi) is 9.38. The number of ether oxygens (including phenoxy) is 2. The summed E-state index contributed by atoms with van der Waals surface area (Å²) in [6.45, 7) is -1.08. The van der Waals surface area contributed by atoms with Crippen molar-refractivity contribution in [3.05, 3.63) is 25.3 Å². The third-order valence-electron chi connectivity index (χ3n) is 7.40. The SMILES string of the molecule is Nc1ncnc2c1ncn2C1OC(COP(=O)(O)OP(=O)(O)C(OP(=O)([O-])O)C2OC(n3cnc4c(N)ncnc43)C(O)C2O)C(O)C1O. The van der Waals surface area contributed by atoms with Crippen LogP contribution in [0.1, 0.15) is 12.5 Å². The lowest BCUT2D eigenvalue weighted by atomic mass is 10.1. The lowest BCUT2D eigenvalue weighted by Crippen LogP contribution is -2.40.